The van der Waals surface area contributed by atoms with E-state index in [0.717, 1.165) is 35.4 Å². The minimum atomic E-state index is -0.918. The molecule has 0 aliphatic heterocycles. The maximum absolute atomic E-state index is 11.1. The quantitative estimate of drug-likeness (QED) is 0.803. The fourth-order valence-corrected chi connectivity index (χ4v) is 3.13. The van der Waals surface area contributed by atoms with Crippen LogP contribution in [0.4, 0.5) is 0 Å². The monoisotopic (exact) mass is 299 g/mol. The van der Waals surface area contributed by atoms with E-state index in [1.807, 2.05) is 17.0 Å². The standard InChI is InChI=1S/C15H13N3O2S/c19-15(20)10-3-4-13-12(5-10)17-14(9-1-2-9)18(13)6-11-7-21-8-16-11/h3-5,7-9H,1-2,6H2,(H,19,20). The lowest BCUT2D eigenvalue weighted by Gasteiger charge is -2.06. The fourth-order valence-electron chi connectivity index (χ4n) is 2.58. The lowest BCUT2D eigenvalue weighted by atomic mass is 10.2. The summed E-state index contributed by atoms with van der Waals surface area (Å²) in [5, 5.41) is 11.1. The van der Waals surface area contributed by atoms with Crippen LogP contribution in [-0.2, 0) is 6.54 Å². The van der Waals surface area contributed by atoms with Gasteiger partial charge in [0.25, 0.3) is 0 Å². The average molecular weight is 299 g/mol. The highest BCUT2D eigenvalue weighted by atomic mass is 32.1. The van der Waals surface area contributed by atoms with E-state index in [9.17, 15) is 4.79 Å². The van der Waals surface area contributed by atoms with Crippen LogP contribution in [0.5, 0.6) is 0 Å². The molecular weight excluding hydrogens is 286 g/mol. The highest BCUT2D eigenvalue weighted by Crippen LogP contribution is 2.41. The van der Waals surface area contributed by atoms with Gasteiger partial charge < -0.3 is 9.67 Å². The molecule has 2 aromatic heterocycles. The van der Waals surface area contributed by atoms with Crippen molar-refractivity contribution in [1.82, 2.24) is 14.5 Å². The molecule has 2 heterocycles. The van der Waals surface area contributed by atoms with E-state index in [4.69, 9.17) is 5.11 Å². The van der Waals surface area contributed by atoms with Gasteiger partial charge in [-0.25, -0.2) is 14.8 Å². The van der Waals surface area contributed by atoms with Gasteiger partial charge in [-0.05, 0) is 31.0 Å². The van der Waals surface area contributed by atoms with E-state index in [2.05, 4.69) is 14.5 Å². The predicted octanol–water partition coefficient (Wildman–Crippen LogP) is 3.12. The van der Waals surface area contributed by atoms with Crippen molar-refractivity contribution >= 4 is 28.3 Å². The molecule has 106 valence electrons. The van der Waals surface area contributed by atoms with Crippen LogP contribution in [0.25, 0.3) is 11.0 Å². The van der Waals surface area contributed by atoms with Crippen molar-refractivity contribution in [3.8, 4) is 0 Å². The first kappa shape index (κ1) is 12.5. The number of hydrogen-bond donors (Lipinski definition) is 1. The third-order valence-electron chi connectivity index (χ3n) is 3.77. The largest absolute Gasteiger partial charge is 0.478 e. The number of rotatable bonds is 4. The third-order valence-corrected chi connectivity index (χ3v) is 4.41. The summed E-state index contributed by atoms with van der Waals surface area (Å²) in [6, 6.07) is 5.14. The summed E-state index contributed by atoms with van der Waals surface area (Å²) in [6.07, 6.45) is 2.32. The van der Waals surface area contributed by atoms with Crippen LogP contribution in [0.1, 0.15) is 40.6 Å². The number of carbonyl (C=O) groups is 1. The Morgan fingerprint density at radius 1 is 1.43 bits per heavy atom. The number of thiazole rings is 1. The summed E-state index contributed by atoms with van der Waals surface area (Å²) >= 11 is 1.58. The lowest BCUT2D eigenvalue weighted by Crippen LogP contribution is -2.04. The number of carboxylic acid groups (broad SMARTS) is 1. The second-order valence-corrected chi connectivity index (χ2v) is 6.04. The molecule has 5 nitrogen and oxygen atoms in total. The summed E-state index contributed by atoms with van der Waals surface area (Å²) in [4.78, 5) is 20.1. The highest BCUT2D eigenvalue weighted by molar-refractivity contribution is 7.07. The molecule has 1 saturated carbocycles. The van der Waals surface area contributed by atoms with Gasteiger partial charge in [-0.3, -0.25) is 0 Å². The molecule has 0 unspecified atom stereocenters. The van der Waals surface area contributed by atoms with Crippen molar-refractivity contribution < 1.29 is 9.90 Å². The minimum Gasteiger partial charge on any atom is -0.478 e. The van der Waals surface area contributed by atoms with E-state index in [1.165, 1.54) is 0 Å². The van der Waals surface area contributed by atoms with Gasteiger partial charge in [0.15, 0.2) is 0 Å². The van der Waals surface area contributed by atoms with Crippen molar-refractivity contribution in [1.29, 1.82) is 0 Å². The molecule has 0 atom stereocenters. The zero-order valence-electron chi connectivity index (χ0n) is 11.2. The number of fused-ring (bicyclic) bond motifs is 1. The second-order valence-electron chi connectivity index (χ2n) is 5.32. The van der Waals surface area contributed by atoms with Gasteiger partial charge in [0.05, 0.1) is 34.3 Å². The third kappa shape index (κ3) is 2.21. The second kappa shape index (κ2) is 4.66. The van der Waals surface area contributed by atoms with Gasteiger partial charge in [-0.2, -0.15) is 0 Å². The van der Waals surface area contributed by atoms with E-state index >= 15 is 0 Å². The fraction of sp³-hybridized carbons (Fsp3) is 0.267. The molecule has 1 aliphatic rings. The maximum Gasteiger partial charge on any atom is 0.335 e. The van der Waals surface area contributed by atoms with Crippen molar-refractivity contribution in [2.45, 2.75) is 25.3 Å². The Hall–Kier alpha value is -2.21. The molecule has 4 rings (SSSR count). The summed E-state index contributed by atoms with van der Waals surface area (Å²) in [5.74, 6) is 0.642. The zero-order valence-corrected chi connectivity index (χ0v) is 12.0. The van der Waals surface area contributed by atoms with E-state index in [1.54, 1.807) is 23.5 Å². The van der Waals surface area contributed by atoms with Crippen LogP contribution in [-0.4, -0.2) is 25.6 Å². The number of hydrogen-bond acceptors (Lipinski definition) is 4. The Balaban J connectivity index is 1.85. The van der Waals surface area contributed by atoms with Crippen molar-refractivity contribution in [2.75, 3.05) is 0 Å². The molecule has 1 aromatic carbocycles. The number of imidazole rings is 1. The molecule has 0 bridgehead atoms. The zero-order chi connectivity index (χ0) is 14.4. The molecule has 0 saturated heterocycles. The number of carboxylic acids is 1. The number of aromatic carboxylic acids is 1. The van der Waals surface area contributed by atoms with Crippen LogP contribution < -0.4 is 0 Å². The van der Waals surface area contributed by atoms with E-state index in [0.29, 0.717) is 12.5 Å². The Labute approximate surface area is 124 Å². The van der Waals surface area contributed by atoms with Crippen molar-refractivity contribution in [3.63, 3.8) is 0 Å². The maximum atomic E-state index is 11.1. The average Bonchev–Trinajstić information content (AvgIpc) is 3.07. The molecule has 1 N–H and O–H groups in total. The molecule has 1 aliphatic carbocycles. The summed E-state index contributed by atoms with van der Waals surface area (Å²) in [6.45, 7) is 0.693. The van der Waals surface area contributed by atoms with Gasteiger partial charge in [0.2, 0.25) is 0 Å². The van der Waals surface area contributed by atoms with Crippen LogP contribution in [0.15, 0.2) is 29.1 Å². The van der Waals surface area contributed by atoms with Gasteiger partial charge in [-0.1, -0.05) is 0 Å². The Kier molecular flexibility index (Phi) is 2.78. The molecule has 0 amide bonds. The SMILES string of the molecule is O=C(O)c1ccc2c(c1)nc(C1CC1)n2Cc1cscn1. The Morgan fingerprint density at radius 2 is 2.29 bits per heavy atom. The summed E-state index contributed by atoms with van der Waals surface area (Å²) < 4.78 is 2.17. The topological polar surface area (TPSA) is 68.0 Å². The van der Waals surface area contributed by atoms with Crippen molar-refractivity contribution in [3.05, 3.63) is 46.2 Å². The van der Waals surface area contributed by atoms with Crippen LogP contribution in [0.2, 0.25) is 0 Å². The molecule has 6 heteroatoms. The Morgan fingerprint density at radius 3 is 2.95 bits per heavy atom. The van der Waals surface area contributed by atoms with Crippen LogP contribution in [0, 0.1) is 0 Å². The van der Waals surface area contributed by atoms with Crippen LogP contribution >= 0.6 is 11.3 Å². The van der Waals surface area contributed by atoms with Gasteiger partial charge in [0, 0.05) is 11.3 Å². The number of aromatic nitrogens is 3. The summed E-state index contributed by atoms with van der Waals surface area (Å²) in [7, 11) is 0. The van der Waals surface area contributed by atoms with E-state index < -0.39 is 5.97 Å². The minimum absolute atomic E-state index is 0.281. The lowest BCUT2D eigenvalue weighted by molar-refractivity contribution is 0.0697. The summed E-state index contributed by atoms with van der Waals surface area (Å²) in [5.41, 5.74) is 4.86. The Bertz CT molecular complexity index is 819. The highest BCUT2D eigenvalue weighted by Gasteiger charge is 2.29. The first-order chi connectivity index (χ1) is 10.2. The number of nitrogens with zero attached hydrogens (tertiary/aromatic N) is 3. The van der Waals surface area contributed by atoms with Gasteiger partial charge in [-0.15, -0.1) is 11.3 Å². The molecule has 1 fully saturated rings. The predicted molar refractivity (Wildman–Crippen MR) is 79.9 cm³/mol. The molecule has 3 aromatic rings. The first-order valence-corrected chi connectivity index (χ1v) is 7.77. The smallest absolute Gasteiger partial charge is 0.335 e. The van der Waals surface area contributed by atoms with Gasteiger partial charge in [0.1, 0.15) is 5.82 Å². The molecule has 0 radical (unpaired) electrons. The van der Waals surface area contributed by atoms with Crippen molar-refractivity contribution in [2.24, 2.45) is 0 Å². The normalized spacial score (nSPS) is 14.7. The molecule has 21 heavy (non-hydrogen) atoms. The number of benzene rings is 1. The molecule has 0 spiro atoms. The van der Waals surface area contributed by atoms with Gasteiger partial charge >= 0.3 is 5.97 Å². The van der Waals surface area contributed by atoms with E-state index in [-0.39, 0.29) is 5.56 Å². The molecular formula is C15H13N3O2S. The van der Waals surface area contributed by atoms with Crippen LogP contribution in [0.3, 0.4) is 0 Å². The first-order valence-electron chi connectivity index (χ1n) is 6.83.